The number of rotatable bonds is 4. The number of nitrogens with zero attached hydrogens (tertiary/aromatic N) is 2. The Bertz CT molecular complexity index is 650. The van der Waals surface area contributed by atoms with Crippen molar-refractivity contribution in [2.75, 3.05) is 6.61 Å². The average molecular weight is 269 g/mol. The Morgan fingerprint density at radius 3 is 2.80 bits per heavy atom. The zero-order valence-electron chi connectivity index (χ0n) is 12.3. The molecule has 0 radical (unpaired) electrons. The van der Waals surface area contributed by atoms with Crippen LogP contribution in [0.4, 0.5) is 0 Å². The highest BCUT2D eigenvalue weighted by Gasteiger charge is 2.25. The number of hydrogen-bond donors (Lipinski definition) is 1. The van der Waals surface area contributed by atoms with E-state index < -0.39 is 5.41 Å². The van der Waals surface area contributed by atoms with E-state index in [1.165, 1.54) is 0 Å². The fraction of sp³-hybridized carbons (Fsp3) is 0.375. The van der Waals surface area contributed by atoms with Gasteiger partial charge in [-0.1, -0.05) is 12.1 Å². The number of nitrogens with one attached hydrogen (secondary N) is 1. The number of nitriles is 1. The Morgan fingerprint density at radius 2 is 2.15 bits per heavy atom. The van der Waals surface area contributed by atoms with Gasteiger partial charge >= 0.3 is 0 Å². The van der Waals surface area contributed by atoms with Crippen molar-refractivity contribution in [3.63, 3.8) is 0 Å². The second-order valence-electron chi connectivity index (χ2n) is 5.26. The summed E-state index contributed by atoms with van der Waals surface area (Å²) < 4.78 is 5.51. The lowest BCUT2D eigenvalue weighted by Gasteiger charge is -2.10. The highest BCUT2D eigenvalue weighted by molar-refractivity contribution is 5.64. The van der Waals surface area contributed by atoms with Crippen LogP contribution in [0.25, 0.3) is 11.3 Å². The molecule has 1 heterocycles. The molecule has 4 heteroatoms. The molecule has 1 aromatic heterocycles. The summed E-state index contributed by atoms with van der Waals surface area (Å²) in [5.41, 5.74) is 2.19. The molecule has 0 bridgehead atoms. The van der Waals surface area contributed by atoms with Crippen LogP contribution in [0.5, 0.6) is 5.75 Å². The molecule has 0 spiro atoms. The van der Waals surface area contributed by atoms with E-state index in [1.54, 1.807) is 0 Å². The molecule has 1 aromatic carbocycles. The van der Waals surface area contributed by atoms with Crippen molar-refractivity contribution in [3.05, 3.63) is 35.8 Å². The van der Waals surface area contributed by atoms with E-state index in [4.69, 9.17) is 4.74 Å². The van der Waals surface area contributed by atoms with Crippen LogP contribution >= 0.6 is 0 Å². The van der Waals surface area contributed by atoms with Gasteiger partial charge in [0, 0.05) is 11.3 Å². The summed E-state index contributed by atoms with van der Waals surface area (Å²) >= 11 is 0. The Hall–Kier alpha value is -2.28. The number of H-pyrrole nitrogens is 1. The Morgan fingerprint density at radius 1 is 1.40 bits per heavy atom. The molecule has 0 fully saturated rings. The molecule has 0 aliphatic carbocycles. The minimum absolute atomic E-state index is 0.624. The Balaban J connectivity index is 2.44. The third-order valence-corrected chi connectivity index (χ3v) is 3.17. The van der Waals surface area contributed by atoms with Crippen molar-refractivity contribution in [3.8, 4) is 23.1 Å². The first-order chi connectivity index (χ1) is 9.47. The third kappa shape index (κ3) is 2.67. The van der Waals surface area contributed by atoms with Crippen LogP contribution in [0.2, 0.25) is 0 Å². The van der Waals surface area contributed by atoms with Gasteiger partial charge in [0.05, 0.1) is 18.4 Å². The summed E-state index contributed by atoms with van der Waals surface area (Å²) in [5, 5.41) is 9.20. The van der Waals surface area contributed by atoms with Crippen molar-refractivity contribution in [2.45, 2.75) is 33.1 Å². The standard InChI is InChI=1S/C16H19N3O/c1-5-20-13-8-6-7-12(9-13)14-11(2)18-15(19-14)16(3,4)10-17/h6-9H,5H2,1-4H3,(H,18,19). The van der Waals surface area contributed by atoms with E-state index in [2.05, 4.69) is 16.0 Å². The number of aromatic nitrogens is 2. The second kappa shape index (κ2) is 5.38. The SMILES string of the molecule is CCOc1cccc(-c2nc(C(C)(C)C#N)[nH]c2C)c1. The van der Waals surface area contributed by atoms with Gasteiger partial charge in [-0.25, -0.2) is 4.98 Å². The summed E-state index contributed by atoms with van der Waals surface area (Å²) in [4.78, 5) is 7.80. The molecule has 0 saturated heterocycles. The monoisotopic (exact) mass is 269 g/mol. The van der Waals surface area contributed by atoms with Gasteiger partial charge in [-0.15, -0.1) is 0 Å². The fourth-order valence-electron chi connectivity index (χ4n) is 1.99. The van der Waals surface area contributed by atoms with Crippen molar-refractivity contribution >= 4 is 0 Å². The minimum atomic E-state index is -0.624. The molecule has 20 heavy (non-hydrogen) atoms. The summed E-state index contributed by atoms with van der Waals surface area (Å²) in [7, 11) is 0. The zero-order valence-corrected chi connectivity index (χ0v) is 12.3. The third-order valence-electron chi connectivity index (χ3n) is 3.17. The zero-order chi connectivity index (χ0) is 14.8. The maximum Gasteiger partial charge on any atom is 0.126 e. The molecule has 0 unspecified atom stereocenters. The highest BCUT2D eigenvalue weighted by Crippen LogP contribution is 2.28. The van der Waals surface area contributed by atoms with Crippen LogP contribution in [-0.4, -0.2) is 16.6 Å². The summed E-state index contributed by atoms with van der Waals surface area (Å²) in [6, 6.07) is 10.1. The Labute approximate surface area is 119 Å². The normalized spacial score (nSPS) is 11.2. The summed E-state index contributed by atoms with van der Waals surface area (Å²) in [6.45, 7) is 8.26. The van der Waals surface area contributed by atoms with Gasteiger partial charge in [0.1, 0.15) is 17.0 Å². The van der Waals surface area contributed by atoms with E-state index in [0.29, 0.717) is 12.4 Å². The van der Waals surface area contributed by atoms with Crippen LogP contribution < -0.4 is 4.74 Å². The van der Waals surface area contributed by atoms with Crippen LogP contribution in [0, 0.1) is 18.3 Å². The molecule has 0 amide bonds. The molecular formula is C16H19N3O. The number of aromatic amines is 1. The van der Waals surface area contributed by atoms with E-state index in [1.807, 2.05) is 52.0 Å². The molecule has 0 aliphatic rings. The number of aryl methyl sites for hydroxylation is 1. The highest BCUT2D eigenvalue weighted by atomic mass is 16.5. The molecule has 0 aliphatic heterocycles. The van der Waals surface area contributed by atoms with Gasteiger partial charge < -0.3 is 9.72 Å². The van der Waals surface area contributed by atoms with Crippen molar-refractivity contribution < 1.29 is 4.74 Å². The molecular weight excluding hydrogens is 250 g/mol. The minimum Gasteiger partial charge on any atom is -0.494 e. The van der Waals surface area contributed by atoms with Crippen molar-refractivity contribution in [1.29, 1.82) is 5.26 Å². The van der Waals surface area contributed by atoms with Gasteiger partial charge in [-0.3, -0.25) is 0 Å². The summed E-state index contributed by atoms with van der Waals surface area (Å²) in [6.07, 6.45) is 0. The number of benzene rings is 1. The molecule has 1 N–H and O–H groups in total. The van der Waals surface area contributed by atoms with Crippen LogP contribution in [0.1, 0.15) is 32.3 Å². The number of ether oxygens (including phenoxy) is 1. The maximum atomic E-state index is 9.20. The van der Waals surface area contributed by atoms with E-state index in [0.717, 1.165) is 22.7 Å². The number of hydrogen-bond acceptors (Lipinski definition) is 3. The van der Waals surface area contributed by atoms with Crippen LogP contribution in [0.3, 0.4) is 0 Å². The van der Waals surface area contributed by atoms with Gasteiger partial charge in [0.25, 0.3) is 0 Å². The van der Waals surface area contributed by atoms with Gasteiger partial charge in [0.2, 0.25) is 0 Å². The lowest BCUT2D eigenvalue weighted by molar-refractivity contribution is 0.340. The van der Waals surface area contributed by atoms with E-state index in [-0.39, 0.29) is 0 Å². The first kappa shape index (κ1) is 14.1. The van der Waals surface area contributed by atoms with Gasteiger partial charge in [-0.2, -0.15) is 5.26 Å². The Kier molecular flexibility index (Phi) is 3.80. The van der Waals surface area contributed by atoms with Crippen LogP contribution in [-0.2, 0) is 5.41 Å². The molecule has 2 rings (SSSR count). The molecule has 0 atom stereocenters. The largest absolute Gasteiger partial charge is 0.494 e. The first-order valence-corrected chi connectivity index (χ1v) is 6.69. The van der Waals surface area contributed by atoms with E-state index >= 15 is 0 Å². The predicted molar refractivity (Wildman–Crippen MR) is 78.6 cm³/mol. The molecule has 2 aromatic rings. The molecule has 4 nitrogen and oxygen atoms in total. The van der Waals surface area contributed by atoms with Crippen molar-refractivity contribution in [2.24, 2.45) is 0 Å². The van der Waals surface area contributed by atoms with Gasteiger partial charge in [-0.05, 0) is 39.8 Å². The van der Waals surface area contributed by atoms with Crippen LogP contribution in [0.15, 0.2) is 24.3 Å². The lowest BCUT2D eigenvalue weighted by Crippen LogP contribution is -2.15. The second-order valence-corrected chi connectivity index (χ2v) is 5.26. The lowest BCUT2D eigenvalue weighted by atomic mass is 9.95. The van der Waals surface area contributed by atoms with Gasteiger partial charge in [0.15, 0.2) is 0 Å². The smallest absolute Gasteiger partial charge is 0.126 e. The first-order valence-electron chi connectivity index (χ1n) is 6.69. The van der Waals surface area contributed by atoms with Crippen molar-refractivity contribution in [1.82, 2.24) is 9.97 Å². The average Bonchev–Trinajstić information content (AvgIpc) is 2.82. The molecule has 104 valence electrons. The quantitative estimate of drug-likeness (QED) is 0.922. The predicted octanol–water partition coefficient (Wildman–Crippen LogP) is 3.59. The topological polar surface area (TPSA) is 61.7 Å². The maximum absolute atomic E-state index is 9.20. The fourth-order valence-corrected chi connectivity index (χ4v) is 1.99. The summed E-state index contributed by atoms with van der Waals surface area (Å²) in [5.74, 6) is 1.52. The number of imidazole rings is 1. The molecule has 0 saturated carbocycles. The van der Waals surface area contributed by atoms with E-state index in [9.17, 15) is 5.26 Å².